The third-order valence-electron chi connectivity index (χ3n) is 4.29. The second kappa shape index (κ2) is 8.86. The minimum atomic E-state index is -3.75. The zero-order valence-electron chi connectivity index (χ0n) is 14.4. The van der Waals surface area contributed by atoms with E-state index in [1.165, 1.54) is 24.3 Å². The lowest BCUT2D eigenvalue weighted by Gasteiger charge is -2.26. The van der Waals surface area contributed by atoms with Gasteiger partial charge in [-0.05, 0) is 66.8 Å². The van der Waals surface area contributed by atoms with Crippen molar-refractivity contribution in [3.63, 3.8) is 0 Å². The van der Waals surface area contributed by atoms with Crippen molar-refractivity contribution in [2.24, 2.45) is 0 Å². The highest BCUT2D eigenvalue weighted by molar-refractivity contribution is 7.89. The molecule has 0 spiro atoms. The smallest absolute Gasteiger partial charge is 0.272 e. The van der Waals surface area contributed by atoms with E-state index >= 15 is 0 Å². The fraction of sp³-hybridized carbons (Fsp3) is 0.333. The minimum Gasteiger partial charge on any atom is -0.488 e. The molecule has 3 rings (SSSR count). The van der Waals surface area contributed by atoms with E-state index < -0.39 is 23.1 Å². The van der Waals surface area contributed by atoms with E-state index in [0.717, 1.165) is 24.0 Å². The number of ether oxygens (including phenoxy) is 1. The molecule has 1 aliphatic carbocycles. The van der Waals surface area contributed by atoms with Crippen LogP contribution in [0.1, 0.15) is 30.0 Å². The van der Waals surface area contributed by atoms with Crippen LogP contribution in [0, 0.1) is 0 Å². The van der Waals surface area contributed by atoms with Crippen LogP contribution in [-0.2, 0) is 16.4 Å². The lowest BCUT2D eigenvalue weighted by atomic mass is 9.88. The molecule has 1 aliphatic rings. The van der Waals surface area contributed by atoms with Crippen molar-refractivity contribution in [1.29, 1.82) is 0 Å². The first kappa shape index (κ1) is 21.4. The largest absolute Gasteiger partial charge is 0.488 e. The van der Waals surface area contributed by atoms with Gasteiger partial charge in [0.15, 0.2) is 0 Å². The van der Waals surface area contributed by atoms with Crippen LogP contribution in [0.25, 0.3) is 0 Å². The summed E-state index contributed by atoms with van der Waals surface area (Å²) in [6.45, 7) is -0.730. The fourth-order valence-electron chi connectivity index (χ4n) is 3.09. The SMILES string of the molecule is Cl.Nc1ccc2c(c1)CCCC2NS(=O)(=O)c1ccc(OCC(F)F)cc1. The van der Waals surface area contributed by atoms with E-state index in [1.807, 2.05) is 12.1 Å². The van der Waals surface area contributed by atoms with Gasteiger partial charge in [-0.3, -0.25) is 0 Å². The van der Waals surface area contributed by atoms with Crippen molar-refractivity contribution < 1.29 is 21.9 Å². The predicted molar refractivity (Wildman–Crippen MR) is 102 cm³/mol. The van der Waals surface area contributed by atoms with Crippen molar-refractivity contribution in [3.05, 3.63) is 53.6 Å². The Kier molecular flexibility index (Phi) is 7.02. The molecule has 0 bridgehead atoms. The van der Waals surface area contributed by atoms with Gasteiger partial charge in [0.1, 0.15) is 12.4 Å². The normalized spacial score (nSPS) is 16.5. The number of aryl methyl sites for hydroxylation is 1. The average molecular weight is 419 g/mol. The predicted octanol–water partition coefficient (Wildman–Crippen LogP) is 3.69. The summed E-state index contributed by atoms with van der Waals surface area (Å²) in [4.78, 5) is 0.0597. The van der Waals surface area contributed by atoms with Gasteiger partial charge in [0.2, 0.25) is 10.0 Å². The van der Waals surface area contributed by atoms with Gasteiger partial charge < -0.3 is 10.5 Å². The maximum absolute atomic E-state index is 12.7. The van der Waals surface area contributed by atoms with Crippen LogP contribution in [0.15, 0.2) is 47.4 Å². The van der Waals surface area contributed by atoms with Gasteiger partial charge in [-0.2, -0.15) is 0 Å². The van der Waals surface area contributed by atoms with Crippen molar-refractivity contribution >= 4 is 28.1 Å². The van der Waals surface area contributed by atoms with Gasteiger partial charge >= 0.3 is 0 Å². The van der Waals surface area contributed by atoms with Crippen molar-refractivity contribution in [1.82, 2.24) is 4.72 Å². The fourth-order valence-corrected chi connectivity index (χ4v) is 4.34. The number of rotatable bonds is 6. The summed E-state index contributed by atoms with van der Waals surface area (Å²) in [6.07, 6.45) is -0.148. The van der Waals surface area contributed by atoms with E-state index in [0.29, 0.717) is 12.1 Å². The Morgan fingerprint density at radius 3 is 2.56 bits per heavy atom. The summed E-state index contributed by atoms with van der Waals surface area (Å²) in [5.41, 5.74) is 8.46. The summed E-state index contributed by atoms with van der Waals surface area (Å²) < 4.78 is 57.2. The third kappa shape index (κ3) is 5.31. The zero-order valence-corrected chi connectivity index (χ0v) is 16.0. The molecule has 5 nitrogen and oxygen atoms in total. The number of sulfonamides is 1. The molecular formula is C18H21ClF2N2O3S. The highest BCUT2D eigenvalue weighted by atomic mass is 35.5. The second-order valence-electron chi connectivity index (χ2n) is 6.20. The van der Waals surface area contributed by atoms with E-state index in [1.54, 1.807) is 6.07 Å². The number of nitrogens with two attached hydrogens (primary N) is 1. The van der Waals surface area contributed by atoms with Crippen LogP contribution in [0.4, 0.5) is 14.5 Å². The first-order valence-electron chi connectivity index (χ1n) is 8.27. The number of nitrogens with one attached hydrogen (secondary N) is 1. The first-order chi connectivity index (χ1) is 12.3. The number of hydrogen-bond donors (Lipinski definition) is 2. The molecular weight excluding hydrogens is 398 g/mol. The standard InChI is InChI=1S/C18H20F2N2O3S.ClH/c19-18(20)11-25-14-5-7-15(8-6-14)26(23,24)22-17-3-1-2-12-10-13(21)4-9-16(12)17;/h4-10,17-18,22H,1-3,11,21H2;1H. The summed E-state index contributed by atoms with van der Waals surface area (Å²) >= 11 is 0. The molecule has 3 N–H and O–H groups in total. The Balaban J connectivity index is 0.00000261. The van der Waals surface area contributed by atoms with E-state index in [9.17, 15) is 17.2 Å². The Morgan fingerprint density at radius 1 is 1.19 bits per heavy atom. The highest BCUT2D eigenvalue weighted by Gasteiger charge is 2.26. The van der Waals surface area contributed by atoms with Gasteiger partial charge in [-0.15, -0.1) is 12.4 Å². The molecule has 27 heavy (non-hydrogen) atoms. The maximum atomic E-state index is 12.7. The maximum Gasteiger partial charge on any atom is 0.272 e. The first-order valence-corrected chi connectivity index (χ1v) is 9.75. The van der Waals surface area contributed by atoms with Gasteiger partial charge in [0.25, 0.3) is 6.43 Å². The Labute approximate surface area is 163 Å². The van der Waals surface area contributed by atoms with Gasteiger partial charge in [-0.1, -0.05) is 6.07 Å². The molecule has 0 aliphatic heterocycles. The molecule has 0 fully saturated rings. The van der Waals surface area contributed by atoms with Crippen LogP contribution >= 0.6 is 12.4 Å². The van der Waals surface area contributed by atoms with E-state index in [2.05, 4.69) is 4.72 Å². The molecule has 148 valence electrons. The molecule has 0 radical (unpaired) electrons. The summed E-state index contributed by atoms with van der Waals surface area (Å²) in [5.74, 6) is 0.197. The van der Waals surface area contributed by atoms with E-state index in [4.69, 9.17) is 10.5 Å². The van der Waals surface area contributed by atoms with Gasteiger partial charge in [0.05, 0.1) is 4.90 Å². The number of benzene rings is 2. The monoisotopic (exact) mass is 418 g/mol. The summed E-state index contributed by atoms with van der Waals surface area (Å²) in [5, 5.41) is 0. The van der Waals surface area contributed by atoms with Gasteiger partial charge in [0, 0.05) is 11.7 Å². The number of alkyl halides is 2. The summed E-state index contributed by atoms with van der Waals surface area (Å²) in [7, 11) is -3.75. The zero-order chi connectivity index (χ0) is 18.7. The molecule has 2 aromatic rings. The molecule has 1 atom stereocenters. The molecule has 0 amide bonds. The van der Waals surface area contributed by atoms with Crippen LogP contribution in [0.2, 0.25) is 0 Å². The number of fused-ring (bicyclic) bond motifs is 1. The molecule has 9 heteroatoms. The molecule has 0 saturated heterocycles. The molecule has 0 saturated carbocycles. The molecule has 1 unspecified atom stereocenters. The second-order valence-corrected chi connectivity index (χ2v) is 7.91. The van der Waals surface area contributed by atoms with Crippen LogP contribution in [0.5, 0.6) is 5.75 Å². The molecule has 0 aromatic heterocycles. The number of nitrogen functional groups attached to an aromatic ring is 1. The molecule has 0 heterocycles. The Hall–Kier alpha value is -1.90. The Bertz CT molecular complexity index is 877. The minimum absolute atomic E-state index is 0. The number of halogens is 3. The van der Waals surface area contributed by atoms with Crippen LogP contribution < -0.4 is 15.2 Å². The average Bonchev–Trinajstić information content (AvgIpc) is 2.60. The summed E-state index contributed by atoms with van der Waals surface area (Å²) in [6, 6.07) is 10.6. The van der Waals surface area contributed by atoms with Crippen LogP contribution in [0.3, 0.4) is 0 Å². The lowest BCUT2D eigenvalue weighted by Crippen LogP contribution is -2.31. The molecule has 2 aromatic carbocycles. The van der Waals surface area contributed by atoms with Gasteiger partial charge in [-0.25, -0.2) is 21.9 Å². The lowest BCUT2D eigenvalue weighted by molar-refractivity contribution is 0.0819. The van der Waals surface area contributed by atoms with Crippen molar-refractivity contribution in [3.8, 4) is 5.75 Å². The van der Waals surface area contributed by atoms with E-state index in [-0.39, 0.29) is 29.1 Å². The third-order valence-corrected chi connectivity index (χ3v) is 5.78. The Morgan fingerprint density at radius 2 is 1.89 bits per heavy atom. The highest BCUT2D eigenvalue weighted by Crippen LogP contribution is 2.32. The quantitative estimate of drug-likeness (QED) is 0.701. The van der Waals surface area contributed by atoms with Crippen molar-refractivity contribution in [2.45, 2.75) is 36.6 Å². The van der Waals surface area contributed by atoms with Crippen LogP contribution in [-0.4, -0.2) is 21.5 Å². The van der Waals surface area contributed by atoms with Crippen molar-refractivity contribution in [2.75, 3.05) is 12.3 Å². The topological polar surface area (TPSA) is 81.4 Å². The number of hydrogen-bond acceptors (Lipinski definition) is 4. The number of anilines is 1.